The lowest BCUT2D eigenvalue weighted by Gasteiger charge is -2.17. The van der Waals surface area contributed by atoms with Gasteiger partial charge in [-0.25, -0.2) is 0 Å². The summed E-state index contributed by atoms with van der Waals surface area (Å²) in [5, 5.41) is 3.61. The Bertz CT molecular complexity index is 137. The Hall–Kier alpha value is 0.0500. The first-order valence-electron chi connectivity index (χ1n) is 5.57. The van der Waals surface area contributed by atoms with E-state index >= 15 is 0 Å². The number of rotatable bonds is 9. The van der Waals surface area contributed by atoms with Crippen molar-refractivity contribution in [2.75, 3.05) is 18.6 Å². The summed E-state index contributed by atoms with van der Waals surface area (Å²) < 4.78 is 0. The van der Waals surface area contributed by atoms with Gasteiger partial charge in [0.05, 0.1) is 0 Å². The second-order valence-corrected chi connectivity index (χ2v) is 4.91. The second-order valence-electron chi connectivity index (χ2n) is 3.93. The molecule has 2 heteroatoms. The van der Waals surface area contributed by atoms with E-state index in [1.165, 1.54) is 30.6 Å². The largest absolute Gasteiger partial charge is 0.314 e. The molecule has 0 aliphatic carbocycles. The van der Waals surface area contributed by atoms with Crippen molar-refractivity contribution in [3.8, 4) is 0 Å². The van der Waals surface area contributed by atoms with E-state index < -0.39 is 0 Å². The molecule has 0 bridgehead atoms. The van der Waals surface area contributed by atoms with E-state index in [-0.39, 0.29) is 0 Å². The van der Waals surface area contributed by atoms with E-state index in [0.29, 0.717) is 6.04 Å². The van der Waals surface area contributed by atoms with Crippen LogP contribution in [-0.4, -0.2) is 24.6 Å². The fourth-order valence-electron chi connectivity index (χ4n) is 1.38. The molecule has 0 heterocycles. The molecule has 0 saturated heterocycles. The average Bonchev–Trinajstić information content (AvgIpc) is 2.16. The predicted molar refractivity (Wildman–Crippen MR) is 69.1 cm³/mol. The van der Waals surface area contributed by atoms with E-state index in [1.54, 1.807) is 0 Å². The number of nitrogens with one attached hydrogen (secondary N) is 1. The molecule has 14 heavy (non-hydrogen) atoms. The van der Waals surface area contributed by atoms with Crippen LogP contribution in [0, 0.1) is 0 Å². The highest BCUT2D eigenvalue weighted by Gasteiger charge is 2.06. The van der Waals surface area contributed by atoms with Crippen LogP contribution in [0.25, 0.3) is 0 Å². The first-order valence-corrected chi connectivity index (χ1v) is 6.96. The standard InChI is InChI=1S/C12H25NS/c1-5-9-13-12(8-10-14-4)7-6-11(2)3/h12-13H,2,5-10H2,1,3-4H3. The van der Waals surface area contributed by atoms with E-state index in [9.17, 15) is 0 Å². The van der Waals surface area contributed by atoms with Crippen LogP contribution in [0.2, 0.25) is 0 Å². The molecule has 0 radical (unpaired) electrons. The minimum atomic E-state index is 0.694. The van der Waals surface area contributed by atoms with Gasteiger partial charge < -0.3 is 5.32 Å². The Morgan fingerprint density at radius 2 is 2.14 bits per heavy atom. The Kier molecular flexibility index (Phi) is 9.63. The fourth-order valence-corrected chi connectivity index (χ4v) is 1.90. The molecule has 0 spiro atoms. The van der Waals surface area contributed by atoms with Crippen LogP contribution in [0.1, 0.15) is 39.5 Å². The summed E-state index contributed by atoms with van der Waals surface area (Å²) in [6, 6.07) is 0.694. The van der Waals surface area contributed by atoms with Crippen molar-refractivity contribution in [2.24, 2.45) is 0 Å². The van der Waals surface area contributed by atoms with E-state index in [1.807, 2.05) is 11.8 Å². The molecule has 1 unspecified atom stereocenters. The molecule has 0 saturated carbocycles. The average molecular weight is 215 g/mol. The highest BCUT2D eigenvalue weighted by atomic mass is 32.2. The van der Waals surface area contributed by atoms with Gasteiger partial charge in [0.15, 0.2) is 0 Å². The maximum absolute atomic E-state index is 3.95. The first-order chi connectivity index (χ1) is 6.70. The number of allylic oxidation sites excluding steroid dienone is 1. The summed E-state index contributed by atoms with van der Waals surface area (Å²) in [7, 11) is 0. The van der Waals surface area contributed by atoms with Crippen molar-refractivity contribution in [2.45, 2.75) is 45.6 Å². The van der Waals surface area contributed by atoms with Gasteiger partial charge in [-0.15, -0.1) is 6.58 Å². The third-order valence-corrected chi connectivity index (χ3v) is 2.92. The molecule has 1 atom stereocenters. The molecule has 0 aliphatic heterocycles. The third kappa shape index (κ3) is 8.64. The summed E-state index contributed by atoms with van der Waals surface area (Å²) in [5.74, 6) is 1.26. The van der Waals surface area contributed by atoms with Gasteiger partial charge in [0, 0.05) is 6.04 Å². The third-order valence-electron chi connectivity index (χ3n) is 2.27. The van der Waals surface area contributed by atoms with Gasteiger partial charge in [0.1, 0.15) is 0 Å². The smallest absolute Gasteiger partial charge is 0.00779 e. The van der Waals surface area contributed by atoms with Gasteiger partial charge in [-0.2, -0.15) is 11.8 Å². The van der Waals surface area contributed by atoms with Gasteiger partial charge in [-0.05, 0) is 51.2 Å². The van der Waals surface area contributed by atoms with Crippen LogP contribution in [0.15, 0.2) is 12.2 Å². The normalized spacial score (nSPS) is 12.8. The van der Waals surface area contributed by atoms with Gasteiger partial charge in [-0.1, -0.05) is 12.5 Å². The van der Waals surface area contributed by atoms with Crippen molar-refractivity contribution in [1.29, 1.82) is 0 Å². The summed E-state index contributed by atoms with van der Waals surface area (Å²) in [5.41, 5.74) is 1.30. The molecular formula is C12H25NS. The molecule has 0 aromatic carbocycles. The van der Waals surface area contributed by atoms with Crippen molar-refractivity contribution < 1.29 is 0 Å². The van der Waals surface area contributed by atoms with Gasteiger partial charge >= 0.3 is 0 Å². The fraction of sp³-hybridized carbons (Fsp3) is 0.833. The first kappa shape index (κ1) is 14.1. The van der Waals surface area contributed by atoms with Crippen LogP contribution in [0.4, 0.5) is 0 Å². The van der Waals surface area contributed by atoms with Crippen molar-refractivity contribution in [3.05, 3.63) is 12.2 Å². The van der Waals surface area contributed by atoms with Gasteiger partial charge in [-0.3, -0.25) is 0 Å². The highest BCUT2D eigenvalue weighted by Crippen LogP contribution is 2.10. The Morgan fingerprint density at radius 1 is 1.43 bits per heavy atom. The van der Waals surface area contributed by atoms with Crippen LogP contribution in [0.5, 0.6) is 0 Å². The van der Waals surface area contributed by atoms with Crippen molar-refractivity contribution in [3.63, 3.8) is 0 Å². The summed E-state index contributed by atoms with van der Waals surface area (Å²) >= 11 is 1.94. The predicted octanol–water partition coefficient (Wildman–Crippen LogP) is 3.46. The number of hydrogen-bond acceptors (Lipinski definition) is 2. The monoisotopic (exact) mass is 215 g/mol. The van der Waals surface area contributed by atoms with E-state index in [4.69, 9.17) is 0 Å². The number of hydrogen-bond donors (Lipinski definition) is 1. The van der Waals surface area contributed by atoms with E-state index in [2.05, 4.69) is 32.0 Å². The molecule has 0 rings (SSSR count). The van der Waals surface area contributed by atoms with Crippen LogP contribution in [0.3, 0.4) is 0 Å². The lowest BCUT2D eigenvalue weighted by atomic mass is 10.1. The lowest BCUT2D eigenvalue weighted by Crippen LogP contribution is -2.30. The molecule has 84 valence electrons. The zero-order chi connectivity index (χ0) is 10.8. The van der Waals surface area contributed by atoms with Crippen LogP contribution < -0.4 is 5.32 Å². The van der Waals surface area contributed by atoms with Crippen molar-refractivity contribution in [1.82, 2.24) is 5.32 Å². The summed E-state index contributed by atoms with van der Waals surface area (Å²) in [6.07, 6.45) is 7.10. The minimum absolute atomic E-state index is 0.694. The topological polar surface area (TPSA) is 12.0 Å². The van der Waals surface area contributed by atoms with Crippen molar-refractivity contribution >= 4 is 11.8 Å². The Morgan fingerprint density at radius 3 is 2.64 bits per heavy atom. The highest BCUT2D eigenvalue weighted by molar-refractivity contribution is 7.98. The zero-order valence-electron chi connectivity index (χ0n) is 9.94. The molecule has 0 aliphatic rings. The molecule has 1 nitrogen and oxygen atoms in total. The maximum Gasteiger partial charge on any atom is 0.00779 e. The van der Waals surface area contributed by atoms with Gasteiger partial charge in [0.25, 0.3) is 0 Å². The molecule has 0 aromatic heterocycles. The lowest BCUT2D eigenvalue weighted by molar-refractivity contribution is 0.470. The maximum atomic E-state index is 3.95. The molecule has 0 fully saturated rings. The molecule has 0 aromatic rings. The molecule has 1 N–H and O–H groups in total. The zero-order valence-corrected chi connectivity index (χ0v) is 10.8. The quantitative estimate of drug-likeness (QED) is 0.591. The SMILES string of the molecule is C=C(C)CCC(CCSC)NCCC. The Labute approximate surface area is 93.7 Å². The van der Waals surface area contributed by atoms with Crippen LogP contribution in [-0.2, 0) is 0 Å². The molecule has 0 amide bonds. The number of thioether (sulfide) groups is 1. The summed E-state index contributed by atoms with van der Waals surface area (Å²) in [6.45, 7) is 9.44. The van der Waals surface area contributed by atoms with Gasteiger partial charge in [0.2, 0.25) is 0 Å². The van der Waals surface area contributed by atoms with Crippen LogP contribution >= 0.6 is 11.8 Å². The second kappa shape index (κ2) is 9.60. The van der Waals surface area contributed by atoms with E-state index in [0.717, 1.165) is 13.0 Å². The Balaban J connectivity index is 3.65. The molecular weight excluding hydrogens is 190 g/mol. The summed E-state index contributed by atoms with van der Waals surface area (Å²) in [4.78, 5) is 0. The minimum Gasteiger partial charge on any atom is -0.314 e.